The first-order valence-corrected chi connectivity index (χ1v) is 11.6. The van der Waals surface area contributed by atoms with Crippen LogP contribution in [0.15, 0.2) is 60.7 Å². The molecule has 34 heavy (non-hydrogen) atoms. The first kappa shape index (κ1) is 22.5. The molecule has 3 aromatic rings. The Kier molecular flexibility index (Phi) is 6.32. The zero-order chi connectivity index (χ0) is 23.7. The molecule has 0 bridgehead atoms. The lowest BCUT2D eigenvalue weighted by molar-refractivity contribution is -0.117. The van der Waals surface area contributed by atoms with Gasteiger partial charge in [0.2, 0.25) is 5.91 Å². The molecule has 4 N–H and O–H groups in total. The summed E-state index contributed by atoms with van der Waals surface area (Å²) in [5.74, 6) is -0.432. The van der Waals surface area contributed by atoms with E-state index in [9.17, 15) is 19.4 Å². The average Bonchev–Trinajstić information content (AvgIpc) is 3.13. The van der Waals surface area contributed by atoms with Crippen molar-refractivity contribution in [1.29, 1.82) is 0 Å². The van der Waals surface area contributed by atoms with Crippen molar-refractivity contribution in [3.05, 3.63) is 83.2 Å². The molecular formula is C27H28FN3O3. The number of amides is 1. The minimum atomic E-state index is -0.630. The van der Waals surface area contributed by atoms with Gasteiger partial charge in [0.1, 0.15) is 11.9 Å². The van der Waals surface area contributed by atoms with Crippen LogP contribution in [0, 0.1) is 5.82 Å². The number of anilines is 2. The number of likely N-dealkylation sites (tertiary alicyclic amines) is 1. The van der Waals surface area contributed by atoms with Gasteiger partial charge in [-0.2, -0.15) is 0 Å². The molecule has 7 heteroatoms. The summed E-state index contributed by atoms with van der Waals surface area (Å²) in [6, 6.07) is 18.0. The van der Waals surface area contributed by atoms with Crippen LogP contribution < -0.4 is 10.6 Å². The van der Waals surface area contributed by atoms with Crippen molar-refractivity contribution in [2.45, 2.75) is 31.6 Å². The van der Waals surface area contributed by atoms with E-state index in [0.717, 1.165) is 59.6 Å². The molecule has 2 aliphatic rings. The summed E-state index contributed by atoms with van der Waals surface area (Å²) in [7, 11) is 0. The summed E-state index contributed by atoms with van der Waals surface area (Å²) >= 11 is 0. The van der Waals surface area contributed by atoms with Crippen LogP contribution in [0.2, 0.25) is 0 Å². The van der Waals surface area contributed by atoms with E-state index in [1.165, 1.54) is 12.1 Å². The van der Waals surface area contributed by atoms with E-state index < -0.39 is 6.10 Å². The number of nitrogens with one attached hydrogen (secondary N) is 2. The monoisotopic (exact) mass is 461 g/mol. The van der Waals surface area contributed by atoms with Crippen molar-refractivity contribution in [3.8, 4) is 11.1 Å². The molecule has 1 aliphatic heterocycles. The highest BCUT2D eigenvalue weighted by Crippen LogP contribution is 2.44. The summed E-state index contributed by atoms with van der Waals surface area (Å²) in [4.78, 5) is 14.8. The molecule has 0 saturated carbocycles. The second-order valence-corrected chi connectivity index (χ2v) is 8.99. The van der Waals surface area contributed by atoms with E-state index in [2.05, 4.69) is 15.5 Å². The highest BCUT2D eigenvalue weighted by molar-refractivity contribution is 5.93. The third-order valence-electron chi connectivity index (χ3n) is 6.73. The Labute approximate surface area is 198 Å². The minimum Gasteiger partial charge on any atom is -0.392 e. The van der Waals surface area contributed by atoms with Crippen molar-refractivity contribution in [2.24, 2.45) is 0 Å². The average molecular weight is 462 g/mol. The number of piperidine rings is 1. The molecule has 1 fully saturated rings. The van der Waals surface area contributed by atoms with E-state index in [1.807, 2.05) is 42.5 Å². The summed E-state index contributed by atoms with van der Waals surface area (Å²) in [6.45, 7) is 1.63. The van der Waals surface area contributed by atoms with Gasteiger partial charge in [0.05, 0.1) is 13.2 Å². The highest BCUT2D eigenvalue weighted by Gasteiger charge is 2.27. The van der Waals surface area contributed by atoms with E-state index in [-0.39, 0.29) is 24.4 Å². The molecule has 1 atom stereocenters. The zero-order valence-corrected chi connectivity index (χ0v) is 18.8. The number of rotatable bonds is 6. The SMILES string of the molecule is O=C(CN1CCC(Nc2ccc(F)cc2CO)CC1)Nc1ccc2c(c1)-c1ccccc1C2O. The molecule has 176 valence electrons. The van der Waals surface area contributed by atoms with Gasteiger partial charge in [0.15, 0.2) is 0 Å². The lowest BCUT2D eigenvalue weighted by Gasteiger charge is -2.32. The number of hydrogen-bond donors (Lipinski definition) is 4. The molecule has 1 unspecified atom stereocenters. The number of carbonyl (C=O) groups excluding carboxylic acids is 1. The molecule has 5 rings (SSSR count). The lowest BCUT2D eigenvalue weighted by Crippen LogP contribution is -2.42. The number of nitrogens with zero attached hydrogens (tertiary/aromatic N) is 1. The first-order chi connectivity index (χ1) is 16.5. The van der Waals surface area contributed by atoms with Crippen LogP contribution in [0.25, 0.3) is 11.1 Å². The summed E-state index contributed by atoms with van der Waals surface area (Å²) in [5.41, 5.74) is 5.73. The lowest BCUT2D eigenvalue weighted by atomic mass is 10.0. The van der Waals surface area contributed by atoms with Crippen molar-refractivity contribution in [1.82, 2.24) is 4.90 Å². The van der Waals surface area contributed by atoms with E-state index in [0.29, 0.717) is 12.1 Å². The molecule has 0 aromatic heterocycles. The van der Waals surface area contributed by atoms with Crippen LogP contribution in [0.5, 0.6) is 0 Å². The predicted octanol–water partition coefficient (Wildman–Crippen LogP) is 3.90. The van der Waals surface area contributed by atoms with Crippen molar-refractivity contribution in [3.63, 3.8) is 0 Å². The topological polar surface area (TPSA) is 84.8 Å². The number of hydrogen-bond acceptors (Lipinski definition) is 5. The summed E-state index contributed by atoms with van der Waals surface area (Å²) < 4.78 is 13.4. The Balaban J connectivity index is 1.15. The fourth-order valence-corrected chi connectivity index (χ4v) is 4.95. The van der Waals surface area contributed by atoms with Crippen LogP contribution in [-0.4, -0.2) is 46.7 Å². The number of aliphatic hydroxyl groups excluding tert-OH is 2. The van der Waals surface area contributed by atoms with Crippen LogP contribution in [0.1, 0.15) is 35.6 Å². The molecule has 0 radical (unpaired) electrons. The maximum atomic E-state index is 13.4. The van der Waals surface area contributed by atoms with E-state index in [1.54, 1.807) is 6.07 Å². The van der Waals surface area contributed by atoms with E-state index in [4.69, 9.17) is 0 Å². The van der Waals surface area contributed by atoms with Gasteiger partial charge in [-0.1, -0.05) is 30.3 Å². The molecule has 1 aliphatic carbocycles. The van der Waals surface area contributed by atoms with Gasteiger partial charge in [0.25, 0.3) is 0 Å². The molecular weight excluding hydrogens is 433 g/mol. The van der Waals surface area contributed by atoms with Crippen LogP contribution in [-0.2, 0) is 11.4 Å². The number of halogens is 1. The molecule has 0 spiro atoms. The normalized spacial score (nSPS) is 17.8. The van der Waals surface area contributed by atoms with Crippen molar-refractivity contribution >= 4 is 17.3 Å². The third kappa shape index (κ3) is 4.55. The second kappa shape index (κ2) is 9.54. The number of benzene rings is 3. The van der Waals surface area contributed by atoms with Crippen LogP contribution in [0.4, 0.5) is 15.8 Å². The van der Waals surface area contributed by atoms with Gasteiger partial charge in [-0.25, -0.2) is 4.39 Å². The van der Waals surface area contributed by atoms with Crippen molar-refractivity contribution < 1.29 is 19.4 Å². The van der Waals surface area contributed by atoms with E-state index >= 15 is 0 Å². The maximum Gasteiger partial charge on any atom is 0.238 e. The van der Waals surface area contributed by atoms with Gasteiger partial charge in [-0.05, 0) is 65.4 Å². The summed E-state index contributed by atoms with van der Waals surface area (Å²) in [5, 5.41) is 26.4. The Hall–Kier alpha value is -3.26. The number of carbonyl (C=O) groups is 1. The van der Waals surface area contributed by atoms with Crippen LogP contribution >= 0.6 is 0 Å². The second-order valence-electron chi connectivity index (χ2n) is 8.99. The maximum absolute atomic E-state index is 13.4. The van der Waals surface area contributed by atoms with Gasteiger partial charge >= 0.3 is 0 Å². The Morgan fingerprint density at radius 1 is 1.00 bits per heavy atom. The van der Waals surface area contributed by atoms with Gasteiger partial charge in [0, 0.05) is 36.1 Å². The fraction of sp³-hybridized carbons (Fsp3) is 0.296. The molecule has 3 aromatic carbocycles. The predicted molar refractivity (Wildman–Crippen MR) is 130 cm³/mol. The zero-order valence-electron chi connectivity index (χ0n) is 18.8. The van der Waals surface area contributed by atoms with Crippen molar-refractivity contribution in [2.75, 3.05) is 30.3 Å². The Morgan fingerprint density at radius 3 is 2.56 bits per heavy atom. The molecule has 1 heterocycles. The highest BCUT2D eigenvalue weighted by atomic mass is 19.1. The van der Waals surface area contributed by atoms with Gasteiger partial charge < -0.3 is 20.8 Å². The Morgan fingerprint density at radius 2 is 1.76 bits per heavy atom. The molecule has 1 amide bonds. The quantitative estimate of drug-likeness (QED) is 0.448. The third-order valence-corrected chi connectivity index (χ3v) is 6.73. The first-order valence-electron chi connectivity index (χ1n) is 11.6. The fourth-order valence-electron chi connectivity index (χ4n) is 4.95. The number of fused-ring (bicyclic) bond motifs is 3. The standard InChI is InChI=1S/C27H28FN3O3/c28-18-5-8-25(17(13-18)16-32)29-19-9-11-31(12-10-19)15-26(33)30-20-6-7-23-24(14-20)21-3-1-2-4-22(21)27(23)34/h1-8,13-14,19,27,29,32,34H,9-12,15-16H2,(H,30,33). The Bertz CT molecular complexity index is 1210. The largest absolute Gasteiger partial charge is 0.392 e. The summed E-state index contributed by atoms with van der Waals surface area (Å²) in [6.07, 6.45) is 1.07. The van der Waals surface area contributed by atoms with Gasteiger partial charge in [-0.3, -0.25) is 9.69 Å². The minimum absolute atomic E-state index is 0.0701. The molecule has 1 saturated heterocycles. The smallest absolute Gasteiger partial charge is 0.238 e. The number of aliphatic hydroxyl groups is 2. The van der Waals surface area contributed by atoms with Crippen LogP contribution in [0.3, 0.4) is 0 Å². The van der Waals surface area contributed by atoms with Gasteiger partial charge in [-0.15, -0.1) is 0 Å². The molecule has 6 nitrogen and oxygen atoms in total.